The molecule has 59 heavy (non-hydrogen) atoms. The second-order valence-electron chi connectivity index (χ2n) is 15.2. The van der Waals surface area contributed by atoms with E-state index in [4.69, 9.17) is 8.83 Å². The number of hydrogen-bond donors (Lipinski definition) is 0. The van der Waals surface area contributed by atoms with Crippen molar-refractivity contribution in [2.45, 2.75) is 0 Å². The molecular weight excluding hydrogens is 719 g/mol. The topological polar surface area (TPSA) is 29.5 Å². The smallest absolute Gasteiger partial charge is 0.145 e. The average molecular weight is 754 g/mol. The van der Waals surface area contributed by atoms with Crippen LogP contribution >= 0.6 is 0 Å². The lowest BCUT2D eigenvalue weighted by Gasteiger charge is -2.27. The van der Waals surface area contributed by atoms with Gasteiger partial charge in [-0.1, -0.05) is 152 Å². The fraction of sp³-hybridized carbons (Fsp3) is 0. The maximum absolute atomic E-state index is 6.95. The molecule has 0 aliphatic carbocycles. The van der Waals surface area contributed by atoms with E-state index in [0.717, 1.165) is 77.6 Å². The molecule has 0 aliphatic rings. The van der Waals surface area contributed by atoms with Crippen LogP contribution in [0.25, 0.3) is 98.8 Å². The molecule has 0 aliphatic heterocycles. The Kier molecular flexibility index (Phi) is 7.54. The Morgan fingerprint density at radius 1 is 0.305 bits per heavy atom. The summed E-state index contributed by atoms with van der Waals surface area (Å²) in [6.07, 6.45) is 0. The van der Waals surface area contributed by atoms with Gasteiger partial charge in [0.15, 0.2) is 0 Å². The molecule has 0 fully saturated rings. The van der Waals surface area contributed by atoms with E-state index in [1.54, 1.807) is 0 Å². The van der Waals surface area contributed by atoms with Gasteiger partial charge in [0.05, 0.1) is 11.1 Å². The minimum Gasteiger partial charge on any atom is -0.456 e. The first kappa shape index (κ1) is 33.3. The molecule has 0 saturated heterocycles. The Hall–Kier alpha value is -7.88. The van der Waals surface area contributed by atoms with Gasteiger partial charge in [-0.25, -0.2) is 0 Å². The normalized spacial score (nSPS) is 11.7. The van der Waals surface area contributed by atoms with Crippen LogP contribution in [0.4, 0.5) is 17.1 Å². The predicted molar refractivity (Wildman–Crippen MR) is 247 cm³/mol. The number of furan rings is 2. The molecule has 0 bridgehead atoms. The van der Waals surface area contributed by atoms with E-state index >= 15 is 0 Å². The Labute approximate surface area is 340 Å². The van der Waals surface area contributed by atoms with E-state index in [2.05, 4.69) is 205 Å². The van der Waals surface area contributed by atoms with E-state index in [1.165, 1.54) is 38.2 Å². The maximum Gasteiger partial charge on any atom is 0.145 e. The highest BCUT2D eigenvalue weighted by Gasteiger charge is 2.24. The quantitative estimate of drug-likeness (QED) is 0.158. The van der Waals surface area contributed by atoms with E-state index in [-0.39, 0.29) is 0 Å². The van der Waals surface area contributed by atoms with Gasteiger partial charge < -0.3 is 13.7 Å². The molecule has 10 aromatic carbocycles. The van der Waals surface area contributed by atoms with Crippen molar-refractivity contribution in [1.82, 2.24) is 0 Å². The van der Waals surface area contributed by atoms with E-state index in [9.17, 15) is 0 Å². The van der Waals surface area contributed by atoms with Gasteiger partial charge in [-0.05, 0) is 110 Å². The first-order valence-corrected chi connectivity index (χ1v) is 20.1. The van der Waals surface area contributed by atoms with Crippen LogP contribution in [0.1, 0.15) is 0 Å². The van der Waals surface area contributed by atoms with E-state index in [0.29, 0.717) is 0 Å². The van der Waals surface area contributed by atoms with Crippen LogP contribution in [0, 0.1) is 0 Å². The van der Waals surface area contributed by atoms with Crippen LogP contribution in [0.2, 0.25) is 0 Å². The lowest BCUT2D eigenvalue weighted by molar-refractivity contribution is 0.669. The molecular formula is C56H35NO2. The standard InChI is InChI=1S/C56H35NO2/c1-2-12-36(13-3-1)37-22-24-38(25-23-37)39-26-28-41(29-27-39)57(42-30-33-54-50(35-42)46-18-8-10-20-52(46)58-54)51-32-31-47(56-55(51)48-19-9-11-21-53(48)59-56)49-34-40-14-4-5-15-43(40)44-16-6-7-17-45(44)49/h1-35H. The summed E-state index contributed by atoms with van der Waals surface area (Å²) >= 11 is 0. The van der Waals surface area contributed by atoms with E-state index in [1.807, 2.05) is 12.1 Å². The molecule has 3 heteroatoms. The zero-order valence-corrected chi connectivity index (χ0v) is 32.0. The van der Waals surface area contributed by atoms with Gasteiger partial charge in [0.25, 0.3) is 0 Å². The van der Waals surface area contributed by atoms with Crippen LogP contribution < -0.4 is 4.90 Å². The predicted octanol–water partition coefficient (Wildman–Crippen LogP) is 16.3. The average Bonchev–Trinajstić information content (AvgIpc) is 3.89. The highest BCUT2D eigenvalue weighted by atomic mass is 16.3. The number of rotatable bonds is 6. The second-order valence-corrected chi connectivity index (χ2v) is 15.2. The van der Waals surface area contributed by atoms with Crippen molar-refractivity contribution in [2.24, 2.45) is 0 Å². The third kappa shape index (κ3) is 5.44. The van der Waals surface area contributed by atoms with Crippen molar-refractivity contribution in [3.05, 3.63) is 212 Å². The highest BCUT2D eigenvalue weighted by Crippen LogP contribution is 2.48. The molecule has 12 rings (SSSR count). The van der Waals surface area contributed by atoms with Crippen molar-refractivity contribution >= 4 is 82.5 Å². The molecule has 3 nitrogen and oxygen atoms in total. The number of nitrogens with zero attached hydrogens (tertiary/aromatic N) is 1. The highest BCUT2D eigenvalue weighted by molar-refractivity contribution is 6.21. The molecule has 0 unspecified atom stereocenters. The number of fused-ring (bicyclic) bond motifs is 9. The summed E-state index contributed by atoms with van der Waals surface area (Å²) in [6, 6.07) is 75.7. The molecule has 276 valence electrons. The van der Waals surface area contributed by atoms with Gasteiger partial charge in [-0.2, -0.15) is 0 Å². The molecule has 0 saturated carbocycles. The van der Waals surface area contributed by atoms with Crippen LogP contribution in [-0.2, 0) is 0 Å². The zero-order valence-electron chi connectivity index (χ0n) is 32.0. The minimum absolute atomic E-state index is 0.854. The SMILES string of the molecule is c1ccc(-c2ccc(-c3ccc(N(c4ccc5oc6ccccc6c5c4)c4ccc(-c5cc6ccccc6c6ccccc56)c5oc6ccccc6c45)cc3)cc2)cc1. The molecule has 2 aromatic heterocycles. The maximum atomic E-state index is 6.95. The van der Waals surface area contributed by atoms with Gasteiger partial charge in [0, 0.05) is 33.1 Å². The van der Waals surface area contributed by atoms with Gasteiger partial charge >= 0.3 is 0 Å². The monoisotopic (exact) mass is 753 g/mol. The van der Waals surface area contributed by atoms with Gasteiger partial charge in [0.1, 0.15) is 22.3 Å². The zero-order chi connectivity index (χ0) is 38.9. The summed E-state index contributed by atoms with van der Waals surface area (Å²) in [5, 5.41) is 9.17. The largest absolute Gasteiger partial charge is 0.456 e. The molecule has 0 amide bonds. The van der Waals surface area contributed by atoms with Crippen LogP contribution in [0.5, 0.6) is 0 Å². The Balaban J connectivity index is 1.07. The van der Waals surface area contributed by atoms with Crippen LogP contribution in [0.3, 0.4) is 0 Å². The summed E-state index contributed by atoms with van der Waals surface area (Å²) in [5.41, 5.74) is 13.5. The summed E-state index contributed by atoms with van der Waals surface area (Å²) < 4.78 is 13.3. The van der Waals surface area contributed by atoms with E-state index < -0.39 is 0 Å². The Morgan fingerprint density at radius 2 is 0.847 bits per heavy atom. The van der Waals surface area contributed by atoms with Crippen molar-refractivity contribution in [2.75, 3.05) is 4.90 Å². The number of anilines is 3. The molecule has 0 spiro atoms. The lowest BCUT2D eigenvalue weighted by atomic mass is 9.92. The lowest BCUT2D eigenvalue weighted by Crippen LogP contribution is -2.10. The molecule has 0 atom stereocenters. The summed E-state index contributed by atoms with van der Waals surface area (Å²) in [4.78, 5) is 2.37. The molecule has 12 aromatic rings. The Morgan fingerprint density at radius 3 is 1.59 bits per heavy atom. The first-order valence-electron chi connectivity index (χ1n) is 20.1. The summed E-state index contributed by atoms with van der Waals surface area (Å²) in [5.74, 6) is 0. The van der Waals surface area contributed by atoms with Crippen LogP contribution in [0.15, 0.2) is 221 Å². The summed E-state index contributed by atoms with van der Waals surface area (Å²) in [7, 11) is 0. The number of para-hydroxylation sites is 2. The Bertz CT molecular complexity index is 3540. The second kappa shape index (κ2) is 13.4. The number of hydrogen-bond acceptors (Lipinski definition) is 3. The minimum atomic E-state index is 0.854. The van der Waals surface area contributed by atoms with Crippen molar-refractivity contribution in [3.8, 4) is 33.4 Å². The van der Waals surface area contributed by atoms with Gasteiger partial charge in [-0.3, -0.25) is 0 Å². The van der Waals surface area contributed by atoms with Crippen LogP contribution in [-0.4, -0.2) is 0 Å². The molecule has 0 radical (unpaired) electrons. The molecule has 2 heterocycles. The number of benzene rings is 10. The van der Waals surface area contributed by atoms with Crippen molar-refractivity contribution in [1.29, 1.82) is 0 Å². The fourth-order valence-corrected chi connectivity index (χ4v) is 9.06. The van der Waals surface area contributed by atoms with Gasteiger partial charge in [0.2, 0.25) is 0 Å². The molecule has 0 N–H and O–H groups in total. The van der Waals surface area contributed by atoms with Gasteiger partial charge in [-0.15, -0.1) is 0 Å². The van der Waals surface area contributed by atoms with Crippen molar-refractivity contribution < 1.29 is 8.83 Å². The first-order chi connectivity index (χ1) is 29.2. The fourth-order valence-electron chi connectivity index (χ4n) is 9.06. The van der Waals surface area contributed by atoms with Crippen molar-refractivity contribution in [3.63, 3.8) is 0 Å². The summed E-state index contributed by atoms with van der Waals surface area (Å²) in [6.45, 7) is 0. The third-order valence-corrected chi connectivity index (χ3v) is 11.9. The third-order valence-electron chi connectivity index (χ3n) is 11.9.